The van der Waals surface area contributed by atoms with Gasteiger partial charge in [0.05, 0.1) is 18.8 Å². The number of nitrogens with one attached hydrogen (secondary N) is 1. The van der Waals surface area contributed by atoms with E-state index in [0.29, 0.717) is 6.42 Å². The lowest BCUT2D eigenvalue weighted by Gasteiger charge is -2.21. The van der Waals surface area contributed by atoms with Crippen molar-refractivity contribution < 1.29 is 20.1 Å². The Labute approximate surface area is 299 Å². The van der Waals surface area contributed by atoms with Crippen molar-refractivity contribution in [3.8, 4) is 0 Å². The van der Waals surface area contributed by atoms with Crippen LogP contribution in [0.5, 0.6) is 0 Å². The van der Waals surface area contributed by atoms with Gasteiger partial charge in [-0.3, -0.25) is 4.79 Å². The fourth-order valence-electron chi connectivity index (χ4n) is 6.44. The molecule has 284 valence electrons. The van der Waals surface area contributed by atoms with Crippen molar-refractivity contribution in [1.82, 2.24) is 5.32 Å². The van der Waals surface area contributed by atoms with Crippen molar-refractivity contribution in [3.05, 3.63) is 24.3 Å². The van der Waals surface area contributed by atoms with Gasteiger partial charge in [-0.25, -0.2) is 0 Å². The van der Waals surface area contributed by atoms with Gasteiger partial charge in [-0.15, -0.1) is 0 Å². The zero-order valence-electron chi connectivity index (χ0n) is 32.1. The zero-order chi connectivity index (χ0) is 35.2. The van der Waals surface area contributed by atoms with Crippen LogP contribution in [-0.2, 0) is 4.79 Å². The molecule has 0 saturated heterocycles. The third kappa shape index (κ3) is 33.3. The number of rotatable bonds is 38. The minimum absolute atomic E-state index is 0.373. The molecule has 0 aromatic carbocycles. The number of unbranched alkanes of at least 4 members (excludes halogenated alkanes) is 28. The van der Waals surface area contributed by atoms with E-state index in [4.69, 9.17) is 0 Å². The lowest BCUT2D eigenvalue weighted by Crippen LogP contribution is -2.48. The van der Waals surface area contributed by atoms with Crippen LogP contribution in [0.4, 0.5) is 0 Å². The molecule has 0 radical (unpaired) electrons. The average Bonchev–Trinajstić information content (AvgIpc) is 3.09. The predicted octanol–water partition coefficient (Wildman–Crippen LogP) is 11.8. The third-order valence-corrected chi connectivity index (χ3v) is 9.79. The van der Waals surface area contributed by atoms with E-state index in [-0.39, 0.29) is 6.61 Å². The Morgan fingerprint density at radius 1 is 0.500 bits per heavy atom. The van der Waals surface area contributed by atoms with Crippen molar-refractivity contribution in [2.24, 2.45) is 0 Å². The Morgan fingerprint density at radius 2 is 0.854 bits per heavy atom. The Balaban J connectivity index is 3.69. The normalized spacial score (nSPS) is 13.9. The first-order valence-electron chi connectivity index (χ1n) is 21.2. The first-order chi connectivity index (χ1) is 23.6. The van der Waals surface area contributed by atoms with Crippen LogP contribution < -0.4 is 5.32 Å². The van der Waals surface area contributed by atoms with Crippen LogP contribution in [0.15, 0.2) is 24.3 Å². The molecule has 1 amide bonds. The predicted molar refractivity (Wildman–Crippen MR) is 208 cm³/mol. The number of aliphatic hydroxyl groups excluding tert-OH is 3. The second-order valence-electron chi connectivity index (χ2n) is 14.6. The molecular weight excluding hydrogens is 594 g/mol. The zero-order valence-corrected chi connectivity index (χ0v) is 32.1. The molecule has 0 aliphatic carbocycles. The lowest BCUT2D eigenvalue weighted by atomic mass is 10.0. The molecule has 0 aromatic heterocycles. The van der Waals surface area contributed by atoms with E-state index in [1.807, 2.05) is 6.08 Å². The highest BCUT2D eigenvalue weighted by Gasteiger charge is 2.22. The van der Waals surface area contributed by atoms with Crippen LogP contribution in [0.25, 0.3) is 0 Å². The van der Waals surface area contributed by atoms with E-state index in [1.54, 1.807) is 6.08 Å². The van der Waals surface area contributed by atoms with Gasteiger partial charge in [-0.2, -0.15) is 0 Å². The van der Waals surface area contributed by atoms with Gasteiger partial charge in [-0.05, 0) is 32.1 Å². The van der Waals surface area contributed by atoms with Crippen LogP contribution in [-0.4, -0.2) is 46.1 Å². The van der Waals surface area contributed by atoms with E-state index in [1.165, 1.54) is 161 Å². The van der Waals surface area contributed by atoms with Gasteiger partial charge in [0.2, 0.25) is 5.91 Å². The monoisotopic (exact) mass is 678 g/mol. The van der Waals surface area contributed by atoms with E-state index >= 15 is 0 Å². The molecule has 0 aromatic rings. The maximum Gasteiger partial charge on any atom is 0.249 e. The van der Waals surface area contributed by atoms with Crippen molar-refractivity contribution in [2.75, 3.05) is 6.61 Å². The van der Waals surface area contributed by atoms with Gasteiger partial charge in [0.15, 0.2) is 0 Å². The van der Waals surface area contributed by atoms with Gasteiger partial charge in [-0.1, -0.05) is 212 Å². The summed E-state index contributed by atoms with van der Waals surface area (Å²) in [7, 11) is 0. The Hall–Kier alpha value is -1.17. The molecule has 3 atom stereocenters. The van der Waals surface area contributed by atoms with E-state index in [0.717, 1.165) is 38.5 Å². The highest BCUT2D eigenvalue weighted by Crippen LogP contribution is 2.16. The fourth-order valence-corrected chi connectivity index (χ4v) is 6.44. The van der Waals surface area contributed by atoms with Crippen LogP contribution in [0.2, 0.25) is 0 Å². The first kappa shape index (κ1) is 46.8. The second kappa shape index (κ2) is 38.6. The fraction of sp³-hybridized carbons (Fsp3) is 0.884. The summed E-state index contributed by atoms with van der Waals surface area (Å²) in [5.41, 5.74) is 0. The molecule has 0 aliphatic rings. The summed E-state index contributed by atoms with van der Waals surface area (Å²) >= 11 is 0. The SMILES string of the molecule is CCCCCCCCCCC/C=C/CC/C=C/C(O)C(CO)NC(=O)C(O)CCCCCCCCCCCCCCCCCCCCC. The van der Waals surface area contributed by atoms with E-state index in [2.05, 4.69) is 31.3 Å². The molecule has 5 nitrogen and oxygen atoms in total. The number of carbonyl (C=O) groups excluding carboxylic acids is 1. The standard InChI is InChI=1S/C43H83NO4/c1-3-5-7-9-11-13-15-17-19-20-21-22-24-26-28-30-32-34-36-38-42(47)43(48)44-40(39-45)41(46)37-35-33-31-29-27-25-23-18-16-14-12-10-8-6-4-2/h27,29,35,37,40-42,45-47H,3-26,28,30-34,36,38-39H2,1-2H3,(H,44,48)/b29-27+,37-35+. The number of hydrogen-bond acceptors (Lipinski definition) is 4. The van der Waals surface area contributed by atoms with Gasteiger partial charge in [0, 0.05) is 0 Å². The average molecular weight is 678 g/mol. The quantitative estimate of drug-likeness (QED) is 0.0387. The summed E-state index contributed by atoms with van der Waals surface area (Å²) in [6.45, 7) is 4.17. The number of carbonyl (C=O) groups is 1. The molecule has 48 heavy (non-hydrogen) atoms. The van der Waals surface area contributed by atoms with Crippen molar-refractivity contribution in [2.45, 2.75) is 238 Å². The summed E-state index contributed by atoms with van der Waals surface area (Å²) in [5.74, 6) is -0.511. The number of hydrogen-bond donors (Lipinski definition) is 4. The van der Waals surface area contributed by atoms with Crippen molar-refractivity contribution in [3.63, 3.8) is 0 Å². The minimum atomic E-state index is -1.10. The number of allylic oxidation sites excluding steroid dienone is 3. The summed E-state index contributed by atoms with van der Waals surface area (Å²) in [4.78, 5) is 12.4. The summed E-state index contributed by atoms with van der Waals surface area (Å²) in [6, 6.07) is -0.810. The molecule has 0 aliphatic heterocycles. The molecule has 3 unspecified atom stereocenters. The van der Waals surface area contributed by atoms with Gasteiger partial charge >= 0.3 is 0 Å². The third-order valence-electron chi connectivity index (χ3n) is 9.79. The van der Waals surface area contributed by atoms with Crippen molar-refractivity contribution in [1.29, 1.82) is 0 Å². The topological polar surface area (TPSA) is 89.8 Å². The lowest BCUT2D eigenvalue weighted by molar-refractivity contribution is -0.131. The van der Waals surface area contributed by atoms with Gasteiger partial charge in [0.25, 0.3) is 0 Å². The molecule has 0 rings (SSSR count). The Morgan fingerprint density at radius 3 is 1.27 bits per heavy atom. The maximum absolute atomic E-state index is 12.4. The minimum Gasteiger partial charge on any atom is -0.394 e. The Bertz CT molecular complexity index is 709. The summed E-state index contributed by atoms with van der Waals surface area (Å²) in [6.07, 6.45) is 46.3. The smallest absolute Gasteiger partial charge is 0.249 e. The molecule has 4 N–H and O–H groups in total. The number of aliphatic hydroxyl groups is 3. The summed E-state index contributed by atoms with van der Waals surface area (Å²) < 4.78 is 0. The summed E-state index contributed by atoms with van der Waals surface area (Å²) in [5, 5.41) is 33.1. The molecule has 0 heterocycles. The number of amides is 1. The molecule has 0 fully saturated rings. The molecule has 0 bridgehead atoms. The highest BCUT2D eigenvalue weighted by atomic mass is 16.3. The molecule has 0 spiro atoms. The Kier molecular flexibility index (Phi) is 37.7. The van der Waals surface area contributed by atoms with Crippen LogP contribution in [0.1, 0.15) is 219 Å². The van der Waals surface area contributed by atoms with Gasteiger partial charge < -0.3 is 20.6 Å². The van der Waals surface area contributed by atoms with E-state index in [9.17, 15) is 20.1 Å². The molecule has 0 saturated carbocycles. The van der Waals surface area contributed by atoms with Crippen molar-refractivity contribution >= 4 is 5.91 Å². The van der Waals surface area contributed by atoms with Crippen LogP contribution in [0, 0.1) is 0 Å². The van der Waals surface area contributed by atoms with Crippen LogP contribution in [0.3, 0.4) is 0 Å². The highest BCUT2D eigenvalue weighted by molar-refractivity contribution is 5.80. The maximum atomic E-state index is 12.4. The molecular formula is C43H83NO4. The first-order valence-corrected chi connectivity index (χ1v) is 21.2. The van der Waals surface area contributed by atoms with Gasteiger partial charge in [0.1, 0.15) is 6.10 Å². The van der Waals surface area contributed by atoms with Crippen LogP contribution >= 0.6 is 0 Å². The molecule has 5 heteroatoms. The second-order valence-corrected chi connectivity index (χ2v) is 14.6. The van der Waals surface area contributed by atoms with E-state index < -0.39 is 24.2 Å². The largest absolute Gasteiger partial charge is 0.394 e.